The van der Waals surface area contributed by atoms with Crippen molar-refractivity contribution in [2.75, 3.05) is 6.54 Å². The number of aryl methyl sites for hydroxylation is 2. The third-order valence-corrected chi connectivity index (χ3v) is 5.56. The Bertz CT molecular complexity index is 723. The molecule has 3 heteroatoms. The Kier molecular flexibility index (Phi) is 3.53. The Morgan fingerprint density at radius 2 is 1.78 bits per heavy atom. The van der Waals surface area contributed by atoms with Gasteiger partial charge < -0.3 is 15.5 Å². The average molecular weight is 309 g/mol. The summed E-state index contributed by atoms with van der Waals surface area (Å²) in [4.78, 5) is 0. The van der Waals surface area contributed by atoms with Crippen LogP contribution in [0.4, 0.5) is 0 Å². The summed E-state index contributed by atoms with van der Waals surface area (Å²) < 4.78 is 0. The number of hydrogen-bond acceptors (Lipinski definition) is 3. The van der Waals surface area contributed by atoms with Crippen LogP contribution in [0.15, 0.2) is 36.4 Å². The Hall–Kier alpha value is -2.00. The van der Waals surface area contributed by atoms with Gasteiger partial charge in [-0.05, 0) is 60.9 Å². The van der Waals surface area contributed by atoms with E-state index >= 15 is 0 Å². The van der Waals surface area contributed by atoms with E-state index in [1.54, 1.807) is 12.1 Å². The van der Waals surface area contributed by atoms with Gasteiger partial charge in [-0.3, -0.25) is 0 Å². The van der Waals surface area contributed by atoms with Crippen molar-refractivity contribution < 1.29 is 10.2 Å². The maximum absolute atomic E-state index is 9.91. The Balaban J connectivity index is 1.65. The Morgan fingerprint density at radius 3 is 2.57 bits per heavy atom. The molecule has 3 N–H and O–H groups in total. The van der Waals surface area contributed by atoms with E-state index in [2.05, 4.69) is 36.5 Å². The molecular formula is C20H23NO2. The van der Waals surface area contributed by atoms with E-state index in [1.165, 1.54) is 22.3 Å². The molecule has 1 heterocycles. The highest BCUT2D eigenvalue weighted by molar-refractivity contribution is 5.49. The zero-order chi connectivity index (χ0) is 16.0. The van der Waals surface area contributed by atoms with Crippen LogP contribution < -0.4 is 5.32 Å². The van der Waals surface area contributed by atoms with Gasteiger partial charge in [0.25, 0.3) is 0 Å². The lowest BCUT2D eigenvalue weighted by Crippen LogP contribution is -2.45. The standard InChI is InChI=1S/C20H23NO2/c1-12-2-4-13(5-3-12)15-8-17-16-10-20(23)19(22)9-14(16)6-7-18(17)21-11-15/h2-5,9-10,15,17-18,21-23H,6-8,11H2,1H3/t15-,17-,18-/m1/s1. The molecule has 1 saturated heterocycles. The average Bonchev–Trinajstić information content (AvgIpc) is 2.56. The molecule has 3 atom stereocenters. The van der Waals surface area contributed by atoms with E-state index in [0.29, 0.717) is 17.9 Å². The molecule has 3 nitrogen and oxygen atoms in total. The molecule has 0 unspecified atom stereocenters. The predicted molar refractivity (Wildman–Crippen MR) is 91.2 cm³/mol. The number of piperidine rings is 1. The SMILES string of the molecule is Cc1ccc([C@H]2CN[C@@H]3CCc4cc(O)c(O)cc4[C@H]3C2)cc1. The molecule has 120 valence electrons. The molecule has 0 bridgehead atoms. The number of phenolic OH excluding ortho intramolecular Hbond substituents is 2. The fourth-order valence-electron chi connectivity index (χ4n) is 4.24. The smallest absolute Gasteiger partial charge is 0.157 e. The highest BCUT2D eigenvalue weighted by Crippen LogP contribution is 2.44. The van der Waals surface area contributed by atoms with Crippen molar-refractivity contribution in [2.24, 2.45) is 0 Å². The van der Waals surface area contributed by atoms with E-state index < -0.39 is 0 Å². The molecule has 2 aromatic rings. The van der Waals surface area contributed by atoms with Gasteiger partial charge in [0.1, 0.15) is 0 Å². The highest BCUT2D eigenvalue weighted by atomic mass is 16.3. The van der Waals surface area contributed by atoms with Crippen LogP contribution >= 0.6 is 0 Å². The summed E-state index contributed by atoms with van der Waals surface area (Å²) in [6, 6.07) is 12.8. The van der Waals surface area contributed by atoms with Crippen molar-refractivity contribution >= 4 is 0 Å². The van der Waals surface area contributed by atoms with E-state index in [1.807, 2.05) is 0 Å². The molecule has 0 saturated carbocycles. The van der Waals surface area contributed by atoms with E-state index in [0.717, 1.165) is 25.8 Å². The van der Waals surface area contributed by atoms with Gasteiger partial charge in [-0.1, -0.05) is 29.8 Å². The summed E-state index contributed by atoms with van der Waals surface area (Å²) in [5.41, 5.74) is 5.07. The van der Waals surface area contributed by atoms with E-state index in [-0.39, 0.29) is 11.5 Å². The monoisotopic (exact) mass is 309 g/mol. The lowest BCUT2D eigenvalue weighted by molar-refractivity contribution is 0.292. The second kappa shape index (κ2) is 5.57. The molecule has 0 amide bonds. The van der Waals surface area contributed by atoms with Gasteiger partial charge in [-0.2, -0.15) is 0 Å². The summed E-state index contributed by atoms with van der Waals surface area (Å²) in [5.74, 6) is 0.909. The van der Waals surface area contributed by atoms with Gasteiger partial charge in [0.15, 0.2) is 11.5 Å². The fraction of sp³-hybridized carbons (Fsp3) is 0.400. The summed E-state index contributed by atoms with van der Waals surface area (Å²) in [7, 11) is 0. The number of nitrogens with one attached hydrogen (secondary N) is 1. The lowest BCUT2D eigenvalue weighted by Gasteiger charge is -2.41. The first-order valence-electron chi connectivity index (χ1n) is 8.46. The van der Waals surface area contributed by atoms with Crippen LogP contribution in [-0.2, 0) is 6.42 Å². The van der Waals surface area contributed by atoms with Crippen LogP contribution in [0, 0.1) is 6.92 Å². The van der Waals surface area contributed by atoms with Gasteiger partial charge in [0, 0.05) is 18.5 Å². The molecule has 0 radical (unpaired) electrons. The van der Waals surface area contributed by atoms with Gasteiger partial charge in [0.05, 0.1) is 0 Å². The molecule has 0 aromatic heterocycles. The van der Waals surface area contributed by atoms with Crippen LogP contribution in [0.3, 0.4) is 0 Å². The van der Waals surface area contributed by atoms with Gasteiger partial charge in [-0.25, -0.2) is 0 Å². The topological polar surface area (TPSA) is 52.5 Å². The first kappa shape index (κ1) is 14.6. The largest absolute Gasteiger partial charge is 0.504 e. The van der Waals surface area contributed by atoms with E-state index in [9.17, 15) is 10.2 Å². The molecular weight excluding hydrogens is 286 g/mol. The van der Waals surface area contributed by atoms with Crippen molar-refractivity contribution in [2.45, 2.75) is 44.1 Å². The molecule has 2 aliphatic rings. The molecule has 4 rings (SSSR count). The number of fused-ring (bicyclic) bond motifs is 3. The number of aromatic hydroxyl groups is 2. The van der Waals surface area contributed by atoms with Crippen molar-refractivity contribution in [3.8, 4) is 11.5 Å². The Labute approximate surface area is 137 Å². The van der Waals surface area contributed by atoms with Crippen molar-refractivity contribution in [3.63, 3.8) is 0 Å². The summed E-state index contributed by atoms with van der Waals surface area (Å²) in [5, 5.41) is 23.4. The van der Waals surface area contributed by atoms with Crippen LogP contribution in [0.5, 0.6) is 11.5 Å². The molecule has 2 aromatic carbocycles. The van der Waals surface area contributed by atoms with Crippen molar-refractivity contribution in [1.29, 1.82) is 0 Å². The summed E-state index contributed by atoms with van der Waals surface area (Å²) in [6.45, 7) is 3.13. The van der Waals surface area contributed by atoms with Crippen LogP contribution in [0.1, 0.15) is 46.9 Å². The minimum atomic E-state index is 0.000975. The maximum atomic E-state index is 9.91. The molecule has 23 heavy (non-hydrogen) atoms. The normalized spacial score (nSPS) is 26.4. The quantitative estimate of drug-likeness (QED) is 0.706. The first-order chi connectivity index (χ1) is 11.1. The zero-order valence-electron chi connectivity index (χ0n) is 13.4. The second-order valence-electron chi connectivity index (χ2n) is 7.04. The number of phenols is 2. The Morgan fingerprint density at radius 1 is 1.04 bits per heavy atom. The maximum Gasteiger partial charge on any atom is 0.157 e. The van der Waals surface area contributed by atoms with Gasteiger partial charge in [-0.15, -0.1) is 0 Å². The molecule has 1 aliphatic carbocycles. The lowest BCUT2D eigenvalue weighted by atomic mass is 9.71. The number of rotatable bonds is 1. The van der Waals surface area contributed by atoms with Gasteiger partial charge >= 0.3 is 0 Å². The van der Waals surface area contributed by atoms with E-state index in [4.69, 9.17) is 0 Å². The minimum absolute atomic E-state index is 0.000975. The summed E-state index contributed by atoms with van der Waals surface area (Å²) >= 11 is 0. The van der Waals surface area contributed by atoms with Crippen molar-refractivity contribution in [1.82, 2.24) is 5.32 Å². The highest BCUT2D eigenvalue weighted by Gasteiger charge is 2.36. The van der Waals surface area contributed by atoms with Crippen LogP contribution in [0.25, 0.3) is 0 Å². The van der Waals surface area contributed by atoms with Crippen LogP contribution in [-0.4, -0.2) is 22.8 Å². The zero-order valence-corrected chi connectivity index (χ0v) is 13.4. The third-order valence-electron chi connectivity index (χ3n) is 5.56. The third kappa shape index (κ3) is 2.59. The van der Waals surface area contributed by atoms with Crippen LogP contribution in [0.2, 0.25) is 0 Å². The van der Waals surface area contributed by atoms with Crippen molar-refractivity contribution in [3.05, 3.63) is 58.7 Å². The number of hydrogen-bond donors (Lipinski definition) is 3. The summed E-state index contributed by atoms with van der Waals surface area (Å²) in [6.07, 6.45) is 3.16. The molecule has 1 aliphatic heterocycles. The fourth-order valence-corrected chi connectivity index (χ4v) is 4.24. The first-order valence-corrected chi connectivity index (χ1v) is 8.46. The molecule has 0 spiro atoms. The molecule has 1 fully saturated rings. The predicted octanol–water partition coefficient (Wildman–Crippen LogP) is 3.58. The minimum Gasteiger partial charge on any atom is -0.504 e. The number of benzene rings is 2. The van der Waals surface area contributed by atoms with Gasteiger partial charge in [0.2, 0.25) is 0 Å². The second-order valence-corrected chi connectivity index (χ2v) is 7.04.